The van der Waals surface area contributed by atoms with Crippen molar-refractivity contribution < 1.29 is 19.4 Å². The molecule has 0 unspecified atom stereocenters. The van der Waals surface area contributed by atoms with E-state index in [-0.39, 0.29) is 6.42 Å². The lowest BCUT2D eigenvalue weighted by Crippen LogP contribution is -2.01. The van der Waals surface area contributed by atoms with E-state index in [2.05, 4.69) is 11.9 Å². The van der Waals surface area contributed by atoms with Crippen LogP contribution < -0.4 is 9.47 Å². The second-order valence-corrected chi connectivity index (χ2v) is 7.76. The van der Waals surface area contributed by atoms with Gasteiger partial charge < -0.3 is 19.6 Å². The van der Waals surface area contributed by atoms with Gasteiger partial charge >= 0.3 is 5.97 Å². The normalized spacial score (nSPS) is 10.9. The fraction of sp³-hybridized carbons (Fsp3) is 0.222. The lowest BCUT2D eigenvalue weighted by molar-refractivity contribution is -0.136. The van der Waals surface area contributed by atoms with E-state index in [9.17, 15) is 9.90 Å². The monoisotopic (exact) mass is 429 g/mol. The van der Waals surface area contributed by atoms with Crippen molar-refractivity contribution in [3.63, 3.8) is 0 Å². The van der Waals surface area contributed by atoms with Crippen LogP contribution in [-0.2, 0) is 17.8 Å². The highest BCUT2D eigenvalue weighted by atomic mass is 16.5. The van der Waals surface area contributed by atoms with Gasteiger partial charge in [0, 0.05) is 10.9 Å². The zero-order valence-electron chi connectivity index (χ0n) is 18.1. The van der Waals surface area contributed by atoms with Crippen molar-refractivity contribution in [1.82, 2.24) is 4.98 Å². The van der Waals surface area contributed by atoms with Crippen LogP contribution in [0.15, 0.2) is 72.8 Å². The molecule has 0 atom stereocenters. The molecule has 0 aliphatic rings. The second kappa shape index (κ2) is 10.1. The van der Waals surface area contributed by atoms with Gasteiger partial charge in [-0.2, -0.15) is 0 Å². The molecule has 0 fully saturated rings. The average Bonchev–Trinajstić information content (AvgIpc) is 3.16. The van der Waals surface area contributed by atoms with Gasteiger partial charge in [-0.05, 0) is 65.6 Å². The maximum Gasteiger partial charge on any atom is 0.307 e. The highest BCUT2D eigenvalue weighted by Crippen LogP contribution is 2.34. The molecule has 32 heavy (non-hydrogen) atoms. The maximum atomic E-state index is 11.6. The smallest absolute Gasteiger partial charge is 0.307 e. The number of ether oxygens (including phenoxy) is 2. The Morgan fingerprint density at radius 1 is 0.938 bits per heavy atom. The van der Waals surface area contributed by atoms with Crippen LogP contribution in [0, 0.1) is 0 Å². The van der Waals surface area contributed by atoms with E-state index in [0.29, 0.717) is 13.2 Å². The van der Waals surface area contributed by atoms with Gasteiger partial charge in [-0.1, -0.05) is 43.7 Å². The number of carboxylic acid groups (broad SMARTS) is 1. The Balaban J connectivity index is 1.59. The maximum absolute atomic E-state index is 11.6. The van der Waals surface area contributed by atoms with Crippen LogP contribution in [0.2, 0.25) is 0 Å². The molecule has 1 aromatic heterocycles. The first-order chi connectivity index (χ1) is 15.6. The van der Waals surface area contributed by atoms with Crippen LogP contribution in [0.1, 0.15) is 30.9 Å². The molecular weight excluding hydrogens is 402 g/mol. The number of H-pyrrole nitrogens is 1. The molecule has 0 aliphatic carbocycles. The molecule has 2 N–H and O–H groups in total. The second-order valence-electron chi connectivity index (χ2n) is 7.76. The van der Waals surface area contributed by atoms with Crippen LogP contribution in [0.25, 0.3) is 22.2 Å². The van der Waals surface area contributed by atoms with Crippen molar-refractivity contribution in [3.8, 4) is 22.8 Å². The van der Waals surface area contributed by atoms with Gasteiger partial charge in [0.2, 0.25) is 0 Å². The largest absolute Gasteiger partial charge is 0.494 e. The van der Waals surface area contributed by atoms with Crippen LogP contribution in [0.4, 0.5) is 0 Å². The molecule has 0 bridgehead atoms. The van der Waals surface area contributed by atoms with Crippen molar-refractivity contribution in [1.29, 1.82) is 0 Å². The molecule has 164 valence electrons. The first-order valence-electron chi connectivity index (χ1n) is 10.9. The van der Waals surface area contributed by atoms with Gasteiger partial charge in [0.1, 0.15) is 18.1 Å². The van der Waals surface area contributed by atoms with E-state index in [1.165, 1.54) is 0 Å². The van der Waals surface area contributed by atoms with Crippen LogP contribution in [0.5, 0.6) is 11.5 Å². The van der Waals surface area contributed by atoms with E-state index in [1.54, 1.807) is 0 Å². The van der Waals surface area contributed by atoms with E-state index in [4.69, 9.17) is 9.47 Å². The highest BCUT2D eigenvalue weighted by molar-refractivity contribution is 5.94. The highest BCUT2D eigenvalue weighted by Gasteiger charge is 2.17. The zero-order valence-corrected chi connectivity index (χ0v) is 18.1. The number of aromatic nitrogens is 1. The van der Waals surface area contributed by atoms with Crippen molar-refractivity contribution in [3.05, 3.63) is 83.9 Å². The lowest BCUT2D eigenvalue weighted by atomic mass is 10.0. The Kier molecular flexibility index (Phi) is 6.75. The summed E-state index contributed by atoms with van der Waals surface area (Å²) in [4.78, 5) is 15.0. The number of fused-ring (bicyclic) bond motifs is 1. The standard InChI is InChI=1S/C27H27NO4/c1-2-3-15-31-22-13-14-25-23(16-22)24(17-26(29)30)27(28-25)20-9-11-21(12-10-20)32-18-19-7-5-4-6-8-19/h4-14,16,28H,2-3,15,17-18H2,1H3,(H,29,30). The van der Waals surface area contributed by atoms with Gasteiger partial charge in [-0.15, -0.1) is 0 Å². The molecule has 5 heteroatoms. The topological polar surface area (TPSA) is 71.5 Å². The number of benzene rings is 3. The number of carboxylic acids is 1. The summed E-state index contributed by atoms with van der Waals surface area (Å²) in [6, 6.07) is 23.5. The Hall–Kier alpha value is -3.73. The Labute approximate surface area is 187 Å². The van der Waals surface area contributed by atoms with E-state index in [1.807, 2.05) is 72.8 Å². The SMILES string of the molecule is CCCCOc1ccc2[nH]c(-c3ccc(OCc4ccccc4)cc3)c(CC(=O)O)c2c1. The number of rotatable bonds is 10. The van der Waals surface area contributed by atoms with Crippen molar-refractivity contribution in [2.75, 3.05) is 6.61 Å². The van der Waals surface area contributed by atoms with Crippen molar-refractivity contribution in [2.45, 2.75) is 32.8 Å². The Bertz CT molecular complexity index is 1180. The summed E-state index contributed by atoms with van der Waals surface area (Å²) < 4.78 is 11.7. The molecule has 0 aliphatic heterocycles. The van der Waals surface area contributed by atoms with Gasteiger partial charge in [0.15, 0.2) is 0 Å². The number of carbonyl (C=O) groups is 1. The van der Waals surface area contributed by atoms with Crippen molar-refractivity contribution >= 4 is 16.9 Å². The molecular formula is C27H27NO4. The molecule has 0 saturated carbocycles. The minimum atomic E-state index is -0.868. The van der Waals surface area contributed by atoms with Gasteiger partial charge in [-0.3, -0.25) is 4.79 Å². The molecule has 0 saturated heterocycles. The predicted molar refractivity (Wildman–Crippen MR) is 126 cm³/mol. The summed E-state index contributed by atoms with van der Waals surface area (Å²) in [5, 5.41) is 10.4. The number of aromatic amines is 1. The number of unbranched alkanes of at least 4 members (excludes halogenated alkanes) is 1. The molecule has 5 nitrogen and oxygen atoms in total. The summed E-state index contributed by atoms with van der Waals surface area (Å²) >= 11 is 0. The summed E-state index contributed by atoms with van der Waals surface area (Å²) in [6.45, 7) is 3.27. The van der Waals surface area contributed by atoms with Crippen molar-refractivity contribution in [2.24, 2.45) is 0 Å². The molecule has 0 radical (unpaired) electrons. The van der Waals surface area contributed by atoms with E-state index >= 15 is 0 Å². The molecule has 0 spiro atoms. The molecule has 0 amide bonds. The van der Waals surface area contributed by atoms with Gasteiger partial charge in [0.25, 0.3) is 0 Å². The predicted octanol–water partition coefficient (Wildman–Crippen LogP) is 6.22. The third-order valence-electron chi connectivity index (χ3n) is 5.36. The van der Waals surface area contributed by atoms with Crippen LogP contribution in [-0.4, -0.2) is 22.7 Å². The Morgan fingerprint density at radius 2 is 1.69 bits per heavy atom. The van der Waals surface area contributed by atoms with E-state index in [0.717, 1.165) is 57.6 Å². The minimum absolute atomic E-state index is 0.0694. The summed E-state index contributed by atoms with van der Waals surface area (Å²) in [5.41, 5.74) is 4.48. The number of hydrogen-bond acceptors (Lipinski definition) is 3. The minimum Gasteiger partial charge on any atom is -0.494 e. The Morgan fingerprint density at radius 3 is 2.41 bits per heavy atom. The van der Waals surface area contributed by atoms with Gasteiger partial charge in [0.05, 0.1) is 18.7 Å². The molecule has 4 rings (SSSR count). The number of hydrogen-bond donors (Lipinski definition) is 2. The lowest BCUT2D eigenvalue weighted by Gasteiger charge is -2.08. The van der Waals surface area contributed by atoms with Gasteiger partial charge in [-0.25, -0.2) is 0 Å². The number of nitrogens with one attached hydrogen (secondary N) is 1. The third-order valence-corrected chi connectivity index (χ3v) is 5.36. The van der Waals surface area contributed by atoms with E-state index < -0.39 is 5.97 Å². The fourth-order valence-corrected chi connectivity index (χ4v) is 3.69. The zero-order chi connectivity index (χ0) is 22.3. The average molecular weight is 430 g/mol. The van der Waals surface area contributed by atoms with Crippen LogP contribution >= 0.6 is 0 Å². The number of aliphatic carboxylic acids is 1. The molecule has 4 aromatic rings. The summed E-state index contributed by atoms with van der Waals surface area (Å²) in [6.07, 6.45) is 1.98. The third kappa shape index (κ3) is 5.11. The summed E-state index contributed by atoms with van der Waals surface area (Å²) in [7, 11) is 0. The first kappa shape index (κ1) is 21.5. The first-order valence-corrected chi connectivity index (χ1v) is 10.9. The fourth-order valence-electron chi connectivity index (χ4n) is 3.69. The van der Waals surface area contributed by atoms with Crippen LogP contribution in [0.3, 0.4) is 0 Å². The quantitative estimate of drug-likeness (QED) is 0.294. The molecule has 1 heterocycles. The summed E-state index contributed by atoms with van der Waals surface area (Å²) in [5.74, 6) is 0.653. The molecule has 3 aromatic carbocycles.